The van der Waals surface area contributed by atoms with Gasteiger partial charge in [-0.3, -0.25) is 4.79 Å². The molecule has 0 fully saturated rings. The van der Waals surface area contributed by atoms with Gasteiger partial charge in [-0.25, -0.2) is 0 Å². The SMILES string of the molecule is [2H]C([2H])(CC[C@@H](NC(C)(C)C)C(=O)C(C)(C)C)NC(=C)N. The summed E-state index contributed by atoms with van der Waals surface area (Å²) in [4.78, 5) is 12.5. The van der Waals surface area contributed by atoms with Crippen molar-refractivity contribution in [3.63, 3.8) is 0 Å². The van der Waals surface area contributed by atoms with Gasteiger partial charge in [0.2, 0.25) is 0 Å². The van der Waals surface area contributed by atoms with Gasteiger partial charge in [0, 0.05) is 20.2 Å². The highest BCUT2D eigenvalue weighted by molar-refractivity contribution is 5.88. The third-order valence-corrected chi connectivity index (χ3v) is 2.47. The molecule has 0 radical (unpaired) electrons. The van der Waals surface area contributed by atoms with Crippen molar-refractivity contribution in [2.75, 3.05) is 6.50 Å². The molecular formula is C15H31N3O. The third-order valence-electron chi connectivity index (χ3n) is 2.47. The molecule has 0 aromatic carbocycles. The number of carbonyl (C=O) groups is 1. The normalized spacial score (nSPS) is 16.3. The lowest BCUT2D eigenvalue weighted by Gasteiger charge is -2.32. The number of nitrogens with one attached hydrogen (secondary N) is 2. The van der Waals surface area contributed by atoms with Gasteiger partial charge in [-0.15, -0.1) is 0 Å². The molecule has 0 amide bonds. The van der Waals surface area contributed by atoms with Gasteiger partial charge in [-0.1, -0.05) is 27.4 Å². The van der Waals surface area contributed by atoms with Crippen LogP contribution in [-0.2, 0) is 4.79 Å². The Labute approximate surface area is 121 Å². The van der Waals surface area contributed by atoms with Crippen molar-refractivity contribution in [1.29, 1.82) is 0 Å². The summed E-state index contributed by atoms with van der Waals surface area (Å²) in [5.41, 5.74) is 4.70. The van der Waals surface area contributed by atoms with Gasteiger partial charge in [-0.2, -0.15) is 0 Å². The van der Waals surface area contributed by atoms with Crippen molar-refractivity contribution in [3.8, 4) is 0 Å². The van der Waals surface area contributed by atoms with E-state index in [0.717, 1.165) is 0 Å². The Morgan fingerprint density at radius 1 is 1.32 bits per heavy atom. The van der Waals surface area contributed by atoms with Crippen molar-refractivity contribution < 1.29 is 7.54 Å². The molecule has 0 aliphatic heterocycles. The second-order valence-electron chi connectivity index (χ2n) is 6.93. The van der Waals surface area contributed by atoms with Gasteiger partial charge in [0.15, 0.2) is 5.78 Å². The number of Topliss-reactive ketones (excluding diaryl/α,β-unsaturated/α-hetero) is 1. The van der Waals surface area contributed by atoms with Crippen LogP contribution >= 0.6 is 0 Å². The lowest BCUT2D eigenvalue weighted by atomic mass is 9.84. The van der Waals surface area contributed by atoms with E-state index >= 15 is 0 Å². The first kappa shape index (κ1) is 14.4. The quantitative estimate of drug-likeness (QED) is 0.664. The highest BCUT2D eigenvalue weighted by Gasteiger charge is 2.31. The average molecular weight is 271 g/mol. The fourth-order valence-electron chi connectivity index (χ4n) is 1.71. The number of carbonyl (C=O) groups excluding carboxylic acids is 1. The second-order valence-corrected chi connectivity index (χ2v) is 6.93. The molecular weight excluding hydrogens is 238 g/mol. The minimum absolute atomic E-state index is 0.0831. The Balaban J connectivity index is 4.93. The van der Waals surface area contributed by atoms with Crippen LogP contribution in [-0.4, -0.2) is 23.9 Å². The molecule has 0 spiro atoms. The van der Waals surface area contributed by atoms with Gasteiger partial charge in [0.1, 0.15) is 0 Å². The Morgan fingerprint density at radius 3 is 2.21 bits per heavy atom. The van der Waals surface area contributed by atoms with Crippen LogP contribution in [0.1, 0.15) is 57.1 Å². The molecule has 0 bridgehead atoms. The molecule has 0 unspecified atom stereocenters. The fourth-order valence-corrected chi connectivity index (χ4v) is 1.71. The van der Waals surface area contributed by atoms with E-state index in [1.807, 2.05) is 41.5 Å². The maximum absolute atomic E-state index is 12.5. The molecule has 0 aliphatic rings. The largest absolute Gasteiger partial charge is 0.386 e. The van der Waals surface area contributed by atoms with E-state index in [1.54, 1.807) is 0 Å². The molecule has 4 heteroatoms. The first-order valence-corrected chi connectivity index (χ1v) is 6.69. The monoisotopic (exact) mass is 271 g/mol. The Morgan fingerprint density at radius 2 is 1.84 bits per heavy atom. The highest BCUT2D eigenvalue weighted by atomic mass is 16.1. The van der Waals surface area contributed by atoms with E-state index in [2.05, 4.69) is 17.2 Å². The molecule has 0 rings (SSSR count). The smallest absolute Gasteiger partial charge is 0.155 e. The van der Waals surface area contributed by atoms with Crippen LogP contribution in [0.25, 0.3) is 0 Å². The molecule has 4 nitrogen and oxygen atoms in total. The lowest BCUT2D eigenvalue weighted by Crippen LogP contribution is -2.51. The van der Waals surface area contributed by atoms with Crippen LogP contribution in [0.2, 0.25) is 0 Å². The van der Waals surface area contributed by atoms with E-state index in [-0.39, 0.29) is 23.6 Å². The zero-order chi connectivity index (χ0) is 17.1. The minimum atomic E-state index is -1.68. The van der Waals surface area contributed by atoms with Crippen LogP contribution in [0, 0.1) is 5.41 Å². The number of rotatable bonds is 7. The number of nitrogens with two attached hydrogens (primary N) is 1. The number of ketones is 1. The average Bonchev–Trinajstić information content (AvgIpc) is 2.18. The zero-order valence-corrected chi connectivity index (χ0v) is 13.2. The topological polar surface area (TPSA) is 67.2 Å². The van der Waals surface area contributed by atoms with E-state index in [9.17, 15) is 4.79 Å². The van der Waals surface area contributed by atoms with Crippen molar-refractivity contribution >= 4 is 5.78 Å². The van der Waals surface area contributed by atoms with Crippen molar-refractivity contribution in [3.05, 3.63) is 12.4 Å². The Hall–Kier alpha value is -1.03. The minimum Gasteiger partial charge on any atom is -0.386 e. The molecule has 0 saturated heterocycles. The fraction of sp³-hybridized carbons (Fsp3) is 0.800. The molecule has 19 heavy (non-hydrogen) atoms. The number of hydrogen-bond acceptors (Lipinski definition) is 4. The molecule has 0 heterocycles. The van der Waals surface area contributed by atoms with Crippen LogP contribution in [0.5, 0.6) is 0 Å². The standard InChI is InChI=1S/C15H31N3O/c1-11(16)17-10-8-9-12(18-15(5,6)7)13(19)14(2,3)4/h12,17-18H,1,8-10,16H2,2-7H3/t12-/m1/s1/i10D2. The van der Waals surface area contributed by atoms with Crippen molar-refractivity contribution in [2.45, 2.75) is 66.0 Å². The van der Waals surface area contributed by atoms with E-state index in [0.29, 0.717) is 6.42 Å². The van der Waals surface area contributed by atoms with Gasteiger partial charge in [0.25, 0.3) is 0 Å². The van der Waals surface area contributed by atoms with Crippen molar-refractivity contribution in [1.82, 2.24) is 10.6 Å². The molecule has 1 atom stereocenters. The van der Waals surface area contributed by atoms with Gasteiger partial charge in [-0.05, 0) is 33.6 Å². The van der Waals surface area contributed by atoms with Crippen LogP contribution in [0.4, 0.5) is 0 Å². The van der Waals surface area contributed by atoms with E-state index < -0.39 is 18.0 Å². The summed E-state index contributed by atoms with van der Waals surface area (Å²) in [6.45, 7) is 13.4. The molecule has 0 saturated carbocycles. The molecule has 0 aromatic heterocycles. The summed E-state index contributed by atoms with van der Waals surface area (Å²) in [6, 6.07) is -0.395. The molecule has 0 aliphatic carbocycles. The predicted molar refractivity (Wildman–Crippen MR) is 81.7 cm³/mol. The summed E-state index contributed by atoms with van der Waals surface area (Å²) < 4.78 is 15.7. The van der Waals surface area contributed by atoms with Gasteiger partial charge in [0.05, 0.1) is 11.9 Å². The highest BCUT2D eigenvalue weighted by Crippen LogP contribution is 2.20. The van der Waals surface area contributed by atoms with Gasteiger partial charge >= 0.3 is 0 Å². The zero-order valence-electron chi connectivity index (χ0n) is 15.2. The summed E-state index contributed by atoms with van der Waals surface area (Å²) in [5, 5.41) is 5.78. The number of hydrogen-bond donors (Lipinski definition) is 3. The van der Waals surface area contributed by atoms with Crippen LogP contribution < -0.4 is 16.4 Å². The third kappa shape index (κ3) is 8.65. The summed E-state index contributed by atoms with van der Waals surface area (Å²) in [7, 11) is 0. The van der Waals surface area contributed by atoms with E-state index in [1.165, 1.54) is 0 Å². The van der Waals surface area contributed by atoms with Gasteiger partial charge < -0.3 is 16.4 Å². The molecule has 4 N–H and O–H groups in total. The van der Waals surface area contributed by atoms with Crippen LogP contribution in [0.15, 0.2) is 12.4 Å². The van der Waals surface area contributed by atoms with Crippen LogP contribution in [0.3, 0.4) is 0 Å². The first-order chi connectivity index (χ1) is 9.14. The van der Waals surface area contributed by atoms with E-state index in [4.69, 9.17) is 8.48 Å². The molecule has 0 aromatic rings. The predicted octanol–water partition coefficient (Wildman–Crippen LogP) is 2.16. The molecule has 112 valence electrons. The Bertz CT molecular complexity index is 381. The Kier molecular flexibility index (Phi) is 5.25. The maximum Gasteiger partial charge on any atom is 0.155 e. The lowest BCUT2D eigenvalue weighted by molar-refractivity contribution is -0.129. The van der Waals surface area contributed by atoms with Crippen molar-refractivity contribution in [2.24, 2.45) is 11.1 Å². The summed E-state index contributed by atoms with van der Waals surface area (Å²) in [6.07, 6.45) is 0.555. The summed E-state index contributed by atoms with van der Waals surface area (Å²) >= 11 is 0. The first-order valence-electron chi connectivity index (χ1n) is 7.69. The summed E-state index contributed by atoms with van der Waals surface area (Å²) in [5.74, 6) is 0.169. The second kappa shape index (κ2) is 6.94. The maximum atomic E-state index is 12.5.